The minimum atomic E-state index is -3.29. The van der Waals surface area contributed by atoms with Crippen LogP contribution in [0.4, 0.5) is 14.7 Å². The number of ether oxygens (including phenoxy) is 2. The second-order valence-electron chi connectivity index (χ2n) is 10.9. The fourth-order valence-corrected chi connectivity index (χ4v) is 6.84. The van der Waals surface area contributed by atoms with Gasteiger partial charge in [0.05, 0.1) is 35.6 Å². The number of aromatic nitrogens is 4. The summed E-state index contributed by atoms with van der Waals surface area (Å²) in [4.78, 5) is 29.3. The second kappa shape index (κ2) is 15.4. The summed E-state index contributed by atoms with van der Waals surface area (Å²) in [7, 11) is -3.29. The van der Waals surface area contributed by atoms with Crippen molar-refractivity contribution in [1.29, 1.82) is 0 Å². The Morgan fingerprint density at radius 1 is 0.915 bits per heavy atom. The number of thiazole rings is 2. The molecule has 246 valence electrons. The monoisotopic (exact) mass is 696 g/mol. The summed E-state index contributed by atoms with van der Waals surface area (Å²) < 4.78 is 47.1. The van der Waals surface area contributed by atoms with Crippen molar-refractivity contribution in [2.45, 2.75) is 49.8 Å². The van der Waals surface area contributed by atoms with Crippen LogP contribution in [0.2, 0.25) is 0 Å². The maximum absolute atomic E-state index is 13.3. The van der Waals surface area contributed by atoms with Crippen LogP contribution in [0.3, 0.4) is 0 Å². The molecule has 5 aromatic rings. The standard InChI is InChI=1S/C24H27N3O4S2.C8H6FN3OS/c1-16-7-10-19(14-25-16)31-22-15-26-24(32-22)27-23(28)21(13-17-5-3-4-6-17)18-8-11-20(12-9-18)33(2,29)30;9-6-2-1-5(3-11-6)13-7-4-12-8(10)14-7/h7-12,14-15,17,21H,3-6,13H2,1-2H3,(H,26,27,28);1-4H,(H2,10,12)/t21-;/m1./s1. The molecule has 6 rings (SSSR count). The van der Waals surface area contributed by atoms with Gasteiger partial charge in [0, 0.05) is 11.9 Å². The summed E-state index contributed by atoms with van der Waals surface area (Å²) in [6.07, 6.45) is 12.5. The van der Waals surface area contributed by atoms with Gasteiger partial charge in [-0.2, -0.15) is 4.39 Å². The van der Waals surface area contributed by atoms with Crippen LogP contribution in [-0.2, 0) is 14.6 Å². The normalized spacial score (nSPS) is 13.8. The fourth-order valence-electron chi connectivity index (χ4n) is 4.97. The number of carbonyl (C=O) groups is 1. The van der Waals surface area contributed by atoms with E-state index in [4.69, 9.17) is 15.2 Å². The molecule has 15 heteroatoms. The van der Waals surface area contributed by atoms with Crippen molar-refractivity contribution in [3.63, 3.8) is 0 Å². The number of hydrogen-bond acceptors (Lipinski definition) is 12. The van der Waals surface area contributed by atoms with Crippen molar-refractivity contribution in [2.24, 2.45) is 5.92 Å². The van der Waals surface area contributed by atoms with Crippen LogP contribution in [0.15, 0.2) is 78.2 Å². The highest BCUT2D eigenvalue weighted by atomic mass is 32.2. The maximum atomic E-state index is 13.3. The summed E-state index contributed by atoms with van der Waals surface area (Å²) in [6.45, 7) is 1.90. The first-order valence-electron chi connectivity index (χ1n) is 14.7. The number of nitrogens with zero attached hydrogens (tertiary/aromatic N) is 4. The van der Waals surface area contributed by atoms with E-state index in [0.29, 0.717) is 37.8 Å². The number of aryl methyl sites for hydroxylation is 1. The van der Waals surface area contributed by atoms with Crippen LogP contribution in [0.5, 0.6) is 21.6 Å². The lowest BCUT2D eigenvalue weighted by Gasteiger charge is -2.20. The van der Waals surface area contributed by atoms with E-state index in [1.54, 1.807) is 36.7 Å². The number of anilines is 2. The number of halogens is 1. The van der Waals surface area contributed by atoms with Gasteiger partial charge in [-0.3, -0.25) is 9.78 Å². The molecule has 0 saturated heterocycles. The molecule has 0 bridgehead atoms. The molecule has 1 aliphatic rings. The van der Waals surface area contributed by atoms with E-state index in [2.05, 4.69) is 25.3 Å². The average Bonchev–Trinajstić information content (AvgIpc) is 3.82. The molecule has 0 spiro atoms. The first-order valence-corrected chi connectivity index (χ1v) is 18.2. The van der Waals surface area contributed by atoms with E-state index in [1.165, 1.54) is 66.3 Å². The number of benzene rings is 1. The molecular formula is C32H33FN6O5S3. The number of carbonyl (C=O) groups excluding carboxylic acids is 1. The maximum Gasteiger partial charge on any atom is 0.233 e. The number of hydrogen-bond donors (Lipinski definition) is 2. The van der Waals surface area contributed by atoms with Crippen molar-refractivity contribution in [2.75, 3.05) is 17.3 Å². The zero-order valence-corrected chi connectivity index (χ0v) is 28.1. The molecule has 0 radical (unpaired) electrons. The summed E-state index contributed by atoms with van der Waals surface area (Å²) in [5.41, 5.74) is 7.12. The lowest BCUT2D eigenvalue weighted by atomic mass is 9.87. The van der Waals surface area contributed by atoms with Crippen LogP contribution in [-0.4, -0.2) is 40.5 Å². The first kappa shape index (κ1) is 33.9. The molecule has 1 amide bonds. The number of nitrogens with one attached hydrogen (secondary N) is 1. The molecule has 4 heterocycles. The van der Waals surface area contributed by atoms with E-state index in [9.17, 15) is 17.6 Å². The fraction of sp³-hybridized carbons (Fsp3) is 0.281. The molecule has 11 nitrogen and oxygen atoms in total. The number of nitrogen functional groups attached to an aromatic ring is 1. The highest BCUT2D eigenvalue weighted by Gasteiger charge is 2.27. The number of pyridine rings is 2. The Bertz CT molecular complexity index is 1880. The summed E-state index contributed by atoms with van der Waals surface area (Å²) >= 11 is 2.46. The van der Waals surface area contributed by atoms with E-state index in [-0.39, 0.29) is 16.7 Å². The Morgan fingerprint density at radius 2 is 1.55 bits per heavy atom. The Labute approximate surface area is 280 Å². The van der Waals surface area contributed by atoms with Crippen molar-refractivity contribution >= 4 is 48.7 Å². The Morgan fingerprint density at radius 3 is 2.13 bits per heavy atom. The summed E-state index contributed by atoms with van der Waals surface area (Å²) in [5, 5.41) is 4.92. The number of amides is 1. The Hall–Kier alpha value is -4.47. The smallest absolute Gasteiger partial charge is 0.233 e. The largest absolute Gasteiger partial charge is 0.443 e. The minimum absolute atomic E-state index is 0.146. The third-order valence-electron chi connectivity index (χ3n) is 7.31. The summed E-state index contributed by atoms with van der Waals surface area (Å²) in [5.74, 6) is 0.478. The van der Waals surface area contributed by atoms with Crippen LogP contribution >= 0.6 is 22.7 Å². The molecule has 1 saturated carbocycles. The highest BCUT2D eigenvalue weighted by Crippen LogP contribution is 2.36. The van der Waals surface area contributed by atoms with Crippen molar-refractivity contribution in [3.05, 3.63) is 90.5 Å². The van der Waals surface area contributed by atoms with Crippen LogP contribution < -0.4 is 20.5 Å². The van der Waals surface area contributed by atoms with Gasteiger partial charge in [0.2, 0.25) is 22.0 Å². The molecular weight excluding hydrogens is 664 g/mol. The van der Waals surface area contributed by atoms with Gasteiger partial charge in [-0.05, 0) is 61.2 Å². The number of sulfone groups is 1. The van der Waals surface area contributed by atoms with E-state index in [0.717, 1.165) is 30.5 Å². The van der Waals surface area contributed by atoms with Crippen LogP contribution in [0.1, 0.15) is 49.3 Å². The molecule has 3 N–H and O–H groups in total. The zero-order valence-electron chi connectivity index (χ0n) is 25.6. The number of nitrogens with two attached hydrogens (primary N) is 1. The van der Waals surface area contributed by atoms with Gasteiger partial charge in [-0.25, -0.2) is 23.4 Å². The Kier molecular flexibility index (Phi) is 11.1. The highest BCUT2D eigenvalue weighted by molar-refractivity contribution is 7.90. The van der Waals surface area contributed by atoms with Gasteiger partial charge in [-0.1, -0.05) is 60.5 Å². The predicted molar refractivity (Wildman–Crippen MR) is 179 cm³/mol. The zero-order chi connectivity index (χ0) is 33.4. The third kappa shape index (κ3) is 10.0. The van der Waals surface area contributed by atoms with Gasteiger partial charge in [0.15, 0.2) is 20.1 Å². The van der Waals surface area contributed by atoms with Crippen molar-refractivity contribution in [3.8, 4) is 21.6 Å². The molecule has 1 aromatic carbocycles. The van der Waals surface area contributed by atoms with Crippen molar-refractivity contribution in [1.82, 2.24) is 19.9 Å². The number of rotatable bonds is 10. The third-order valence-corrected chi connectivity index (χ3v) is 9.93. The predicted octanol–water partition coefficient (Wildman–Crippen LogP) is 7.40. The van der Waals surface area contributed by atoms with Gasteiger partial charge in [0.1, 0.15) is 11.5 Å². The first-order chi connectivity index (χ1) is 22.5. The Balaban J connectivity index is 0.000000257. The minimum Gasteiger partial charge on any atom is -0.443 e. The average molecular weight is 697 g/mol. The molecule has 0 aliphatic heterocycles. The van der Waals surface area contributed by atoms with E-state index >= 15 is 0 Å². The van der Waals surface area contributed by atoms with Gasteiger partial charge in [0.25, 0.3) is 0 Å². The molecule has 4 aromatic heterocycles. The van der Waals surface area contributed by atoms with Gasteiger partial charge in [-0.15, -0.1) is 0 Å². The SMILES string of the molecule is Cc1ccc(Oc2cnc(NC(=O)[C@H](CC3CCCC3)c3ccc(S(C)(=O)=O)cc3)s2)cn1.Nc1ncc(Oc2ccc(F)nc2)s1. The molecule has 1 atom stereocenters. The van der Waals surface area contributed by atoms with Crippen molar-refractivity contribution < 1.29 is 27.1 Å². The quantitative estimate of drug-likeness (QED) is 0.141. The molecule has 47 heavy (non-hydrogen) atoms. The summed E-state index contributed by atoms with van der Waals surface area (Å²) in [6, 6.07) is 13.0. The second-order valence-corrected chi connectivity index (χ2v) is 15.0. The molecule has 0 unspecified atom stereocenters. The van der Waals surface area contributed by atoms with Crippen LogP contribution in [0.25, 0.3) is 0 Å². The lowest BCUT2D eigenvalue weighted by Crippen LogP contribution is -2.23. The van der Waals surface area contributed by atoms with Crippen LogP contribution in [0, 0.1) is 18.8 Å². The van der Waals surface area contributed by atoms with E-state index < -0.39 is 15.8 Å². The topological polar surface area (TPSA) is 159 Å². The molecule has 1 aliphatic carbocycles. The molecule has 1 fully saturated rings. The van der Waals surface area contributed by atoms with Gasteiger partial charge < -0.3 is 20.5 Å². The van der Waals surface area contributed by atoms with E-state index in [1.807, 2.05) is 19.1 Å². The lowest BCUT2D eigenvalue weighted by molar-refractivity contribution is -0.118. The van der Waals surface area contributed by atoms with Gasteiger partial charge >= 0.3 is 0 Å².